The average Bonchev–Trinajstić information content (AvgIpc) is 3.25. The van der Waals surface area contributed by atoms with Crippen molar-refractivity contribution in [2.75, 3.05) is 27.8 Å². The van der Waals surface area contributed by atoms with E-state index < -0.39 is 12.6 Å². The second-order valence-electron chi connectivity index (χ2n) is 7.98. The minimum atomic E-state index is -4.27. The molecule has 0 aliphatic heterocycles. The Morgan fingerprint density at radius 2 is 2.07 bits per heavy atom. The molecule has 1 aromatic heterocycles. The highest BCUT2D eigenvalue weighted by Gasteiger charge is 2.30. The quantitative estimate of drug-likeness (QED) is 0.306. The van der Waals surface area contributed by atoms with Crippen LogP contribution in [0.1, 0.15) is 55.9 Å². The Morgan fingerprint density at radius 3 is 2.67 bits per heavy atom. The van der Waals surface area contributed by atoms with Crippen molar-refractivity contribution in [3.05, 3.63) is 23.1 Å². The lowest BCUT2D eigenvalue weighted by atomic mass is 10.0. The third kappa shape index (κ3) is 7.61. The van der Waals surface area contributed by atoms with E-state index in [9.17, 15) is 13.2 Å². The lowest BCUT2D eigenvalue weighted by molar-refractivity contribution is -0.126. The molecule has 0 amide bonds. The molecule has 2 rings (SSSR count). The standard InChI is InChI=1S/C22H33F3N2O2S/c1-6-7-16-8-9-17(12-16)29-11-10-20(28-5)26-21-19(15(2)27(3)4)13-18(30-21)14-22(23,24)25/h13,16-17H,2,6-12,14H2,1,3-5H3/b26-20+. The summed E-state index contributed by atoms with van der Waals surface area (Å²) in [6, 6.07) is 1.52. The van der Waals surface area contributed by atoms with Gasteiger partial charge in [-0.2, -0.15) is 13.2 Å². The fraction of sp³-hybridized carbons (Fsp3) is 0.682. The number of methoxy groups -OCH3 is 1. The van der Waals surface area contributed by atoms with E-state index in [1.54, 1.807) is 19.0 Å². The molecule has 30 heavy (non-hydrogen) atoms. The van der Waals surface area contributed by atoms with Crippen molar-refractivity contribution in [2.45, 2.75) is 64.1 Å². The molecule has 0 aromatic carbocycles. The molecule has 1 aliphatic rings. The van der Waals surface area contributed by atoms with E-state index in [0.29, 0.717) is 35.2 Å². The predicted octanol–water partition coefficient (Wildman–Crippen LogP) is 6.44. The van der Waals surface area contributed by atoms with Crippen LogP contribution >= 0.6 is 11.3 Å². The topological polar surface area (TPSA) is 34.1 Å². The first-order valence-corrected chi connectivity index (χ1v) is 11.2. The van der Waals surface area contributed by atoms with Crippen LogP contribution < -0.4 is 0 Å². The van der Waals surface area contributed by atoms with E-state index in [1.165, 1.54) is 32.4 Å². The van der Waals surface area contributed by atoms with Crippen LogP contribution in [0, 0.1) is 5.92 Å². The van der Waals surface area contributed by atoms with Gasteiger partial charge >= 0.3 is 6.18 Å². The number of thiophene rings is 1. The van der Waals surface area contributed by atoms with Gasteiger partial charge in [0.05, 0.1) is 26.2 Å². The summed E-state index contributed by atoms with van der Waals surface area (Å²) >= 11 is 1.02. The minimum Gasteiger partial charge on any atom is -0.484 e. The molecule has 0 N–H and O–H groups in total. The summed E-state index contributed by atoms with van der Waals surface area (Å²) in [6.07, 6.45) is 1.38. The Morgan fingerprint density at radius 1 is 1.33 bits per heavy atom. The summed E-state index contributed by atoms with van der Waals surface area (Å²) in [4.78, 5) is 6.49. The molecule has 8 heteroatoms. The maximum Gasteiger partial charge on any atom is 0.393 e. The lowest BCUT2D eigenvalue weighted by Gasteiger charge is -2.15. The predicted molar refractivity (Wildman–Crippen MR) is 118 cm³/mol. The number of ether oxygens (including phenoxy) is 2. The van der Waals surface area contributed by atoms with E-state index in [2.05, 4.69) is 18.5 Å². The molecule has 1 aliphatic carbocycles. The smallest absolute Gasteiger partial charge is 0.393 e. The summed E-state index contributed by atoms with van der Waals surface area (Å²) in [7, 11) is 5.13. The lowest BCUT2D eigenvalue weighted by Crippen LogP contribution is -2.13. The number of alkyl halides is 3. The minimum absolute atomic E-state index is 0.207. The van der Waals surface area contributed by atoms with Gasteiger partial charge in [0.1, 0.15) is 5.00 Å². The van der Waals surface area contributed by atoms with Gasteiger partial charge in [0.2, 0.25) is 0 Å². The summed E-state index contributed by atoms with van der Waals surface area (Å²) in [5.41, 5.74) is 1.20. The van der Waals surface area contributed by atoms with Crippen LogP contribution in [0.2, 0.25) is 0 Å². The van der Waals surface area contributed by atoms with Gasteiger partial charge in [0, 0.05) is 36.7 Å². The summed E-state index contributed by atoms with van der Waals surface area (Å²) in [5.74, 6) is 1.21. The Balaban J connectivity index is 2.06. The van der Waals surface area contributed by atoms with E-state index in [4.69, 9.17) is 9.47 Å². The highest BCUT2D eigenvalue weighted by atomic mass is 32.1. The summed E-state index contributed by atoms with van der Waals surface area (Å²) in [5, 5.41) is 0.480. The Labute approximate surface area is 181 Å². The first-order chi connectivity index (χ1) is 14.1. The van der Waals surface area contributed by atoms with Crippen molar-refractivity contribution >= 4 is 27.9 Å². The number of hydrogen-bond acceptors (Lipinski definition) is 5. The van der Waals surface area contributed by atoms with Crippen molar-refractivity contribution in [2.24, 2.45) is 10.9 Å². The van der Waals surface area contributed by atoms with Crippen LogP contribution in [0.25, 0.3) is 5.70 Å². The Hall–Kier alpha value is -1.54. The van der Waals surface area contributed by atoms with Gasteiger partial charge in [0.15, 0.2) is 5.90 Å². The molecule has 2 atom stereocenters. The third-order valence-corrected chi connectivity index (χ3v) is 6.34. The van der Waals surface area contributed by atoms with Gasteiger partial charge in [-0.15, -0.1) is 11.3 Å². The van der Waals surface area contributed by atoms with Gasteiger partial charge in [-0.3, -0.25) is 0 Å². The molecule has 0 radical (unpaired) electrons. The highest BCUT2D eigenvalue weighted by molar-refractivity contribution is 7.16. The van der Waals surface area contributed by atoms with Crippen molar-refractivity contribution in [1.29, 1.82) is 0 Å². The first-order valence-electron chi connectivity index (χ1n) is 10.4. The molecule has 1 aromatic rings. The number of halogens is 3. The molecule has 1 saturated carbocycles. The van der Waals surface area contributed by atoms with Crippen LogP contribution in [0.15, 0.2) is 17.6 Å². The monoisotopic (exact) mass is 446 g/mol. The van der Waals surface area contributed by atoms with Crippen LogP contribution in [-0.2, 0) is 15.9 Å². The van der Waals surface area contributed by atoms with Crippen molar-refractivity contribution in [3.63, 3.8) is 0 Å². The maximum atomic E-state index is 12.9. The van der Waals surface area contributed by atoms with Gasteiger partial charge in [0.25, 0.3) is 0 Å². The first kappa shape index (κ1) is 24.7. The van der Waals surface area contributed by atoms with Gasteiger partial charge < -0.3 is 14.4 Å². The molecular weight excluding hydrogens is 413 g/mol. The maximum absolute atomic E-state index is 12.9. The molecule has 170 valence electrons. The zero-order valence-corrected chi connectivity index (χ0v) is 19.2. The molecule has 1 heterocycles. The Bertz CT molecular complexity index is 728. The normalized spacial score (nSPS) is 19.9. The van der Waals surface area contributed by atoms with Crippen molar-refractivity contribution in [3.8, 4) is 0 Å². The molecule has 1 fully saturated rings. The van der Waals surface area contributed by atoms with E-state index >= 15 is 0 Å². The zero-order valence-electron chi connectivity index (χ0n) is 18.3. The molecular formula is C22H33F3N2O2S. The average molecular weight is 447 g/mol. The number of nitrogens with zero attached hydrogens (tertiary/aromatic N) is 2. The van der Waals surface area contributed by atoms with E-state index in [1.807, 2.05) is 0 Å². The molecule has 0 spiro atoms. The Kier molecular flexibility index (Phi) is 9.22. The molecule has 4 nitrogen and oxygen atoms in total. The third-order valence-electron chi connectivity index (χ3n) is 5.31. The number of aliphatic imine (C=N–C) groups is 1. The summed E-state index contributed by atoms with van der Waals surface area (Å²) in [6.45, 7) is 6.68. The van der Waals surface area contributed by atoms with Gasteiger partial charge in [-0.25, -0.2) is 4.99 Å². The summed E-state index contributed by atoms with van der Waals surface area (Å²) < 4.78 is 50.0. The van der Waals surface area contributed by atoms with Crippen LogP contribution in [-0.4, -0.2) is 50.9 Å². The van der Waals surface area contributed by atoms with Crippen LogP contribution in [0.3, 0.4) is 0 Å². The second kappa shape index (κ2) is 11.2. The van der Waals surface area contributed by atoms with E-state index in [-0.39, 0.29) is 11.0 Å². The highest BCUT2D eigenvalue weighted by Crippen LogP contribution is 2.38. The number of rotatable bonds is 10. The van der Waals surface area contributed by atoms with Gasteiger partial charge in [-0.05, 0) is 31.2 Å². The van der Waals surface area contributed by atoms with Gasteiger partial charge in [-0.1, -0.05) is 26.3 Å². The fourth-order valence-corrected chi connectivity index (χ4v) is 4.82. The zero-order chi connectivity index (χ0) is 22.3. The second-order valence-corrected chi connectivity index (χ2v) is 9.10. The molecule has 0 saturated heterocycles. The largest absolute Gasteiger partial charge is 0.484 e. The van der Waals surface area contributed by atoms with Crippen LogP contribution in [0.5, 0.6) is 0 Å². The number of hydrogen-bond donors (Lipinski definition) is 0. The SMILES string of the molecule is C=C(c1cc(CC(F)(F)F)sc1/N=C(\CCOC1CCC(CCC)C1)OC)N(C)C. The van der Waals surface area contributed by atoms with E-state index in [0.717, 1.165) is 30.1 Å². The van der Waals surface area contributed by atoms with Crippen molar-refractivity contribution in [1.82, 2.24) is 4.90 Å². The molecule has 0 bridgehead atoms. The van der Waals surface area contributed by atoms with Crippen LogP contribution in [0.4, 0.5) is 18.2 Å². The fourth-order valence-electron chi connectivity index (χ4n) is 3.73. The molecule has 2 unspecified atom stereocenters. The van der Waals surface area contributed by atoms with Crippen molar-refractivity contribution < 1.29 is 22.6 Å².